The molecule has 5 nitrogen and oxygen atoms in total. The monoisotopic (exact) mass is 381 g/mol. The van der Waals surface area contributed by atoms with Gasteiger partial charge in [0, 0.05) is 11.8 Å². The Balaban J connectivity index is 1.98. The standard InChI is InChI=1S/C19H18F3NO4/c1-3-5-13-8-9-16(17(10-13)25-2)26-12-18(24)23-14-6-4-7-15(11-14)27-19(20,21)22/h3-11H,12H2,1-2H3,(H,23,24)/b5-3+. The zero-order chi connectivity index (χ0) is 19.9. The predicted molar refractivity (Wildman–Crippen MR) is 95.0 cm³/mol. The summed E-state index contributed by atoms with van der Waals surface area (Å²) in [5, 5.41) is 2.44. The number of hydrogen-bond donors (Lipinski definition) is 1. The van der Waals surface area contributed by atoms with E-state index in [1.807, 2.05) is 19.1 Å². The maximum atomic E-state index is 12.2. The summed E-state index contributed by atoms with van der Waals surface area (Å²) in [6.07, 6.45) is -1.05. The number of nitrogens with one attached hydrogen (secondary N) is 1. The Morgan fingerprint density at radius 1 is 1.15 bits per heavy atom. The minimum Gasteiger partial charge on any atom is -0.493 e. The molecule has 0 atom stereocenters. The van der Waals surface area contributed by atoms with Crippen molar-refractivity contribution < 1.29 is 32.2 Å². The van der Waals surface area contributed by atoms with Gasteiger partial charge in [-0.2, -0.15) is 0 Å². The molecular weight excluding hydrogens is 363 g/mol. The zero-order valence-electron chi connectivity index (χ0n) is 14.7. The van der Waals surface area contributed by atoms with E-state index in [1.165, 1.54) is 19.2 Å². The number of methoxy groups -OCH3 is 1. The van der Waals surface area contributed by atoms with Crippen molar-refractivity contribution >= 4 is 17.7 Å². The van der Waals surface area contributed by atoms with Gasteiger partial charge in [-0.25, -0.2) is 0 Å². The quantitative estimate of drug-likeness (QED) is 0.759. The zero-order valence-corrected chi connectivity index (χ0v) is 14.7. The average molecular weight is 381 g/mol. The van der Waals surface area contributed by atoms with Crippen molar-refractivity contribution in [1.29, 1.82) is 0 Å². The first-order valence-electron chi connectivity index (χ1n) is 7.90. The van der Waals surface area contributed by atoms with E-state index in [0.29, 0.717) is 11.5 Å². The second-order valence-corrected chi connectivity index (χ2v) is 5.32. The molecule has 1 N–H and O–H groups in total. The number of allylic oxidation sites excluding steroid dienone is 1. The number of ether oxygens (including phenoxy) is 3. The molecule has 0 aliphatic rings. The average Bonchev–Trinajstić information content (AvgIpc) is 2.59. The Labute approximate surface area is 154 Å². The van der Waals surface area contributed by atoms with Crippen LogP contribution in [0.15, 0.2) is 48.5 Å². The second-order valence-electron chi connectivity index (χ2n) is 5.32. The van der Waals surface area contributed by atoms with Gasteiger partial charge in [-0.1, -0.05) is 24.3 Å². The van der Waals surface area contributed by atoms with Crippen LogP contribution in [0, 0.1) is 0 Å². The highest BCUT2D eigenvalue weighted by molar-refractivity contribution is 5.92. The number of halogens is 3. The maximum absolute atomic E-state index is 12.2. The van der Waals surface area contributed by atoms with Gasteiger partial charge in [-0.15, -0.1) is 13.2 Å². The van der Waals surface area contributed by atoms with Crippen molar-refractivity contribution in [2.24, 2.45) is 0 Å². The lowest BCUT2D eigenvalue weighted by Crippen LogP contribution is -2.21. The lowest BCUT2D eigenvalue weighted by atomic mass is 10.2. The molecule has 144 valence electrons. The summed E-state index contributed by atoms with van der Waals surface area (Å²) >= 11 is 0. The number of carbonyl (C=O) groups is 1. The third-order valence-electron chi connectivity index (χ3n) is 3.26. The second kappa shape index (κ2) is 8.98. The highest BCUT2D eigenvalue weighted by Gasteiger charge is 2.31. The van der Waals surface area contributed by atoms with Crippen molar-refractivity contribution in [1.82, 2.24) is 0 Å². The Bertz CT molecular complexity index is 819. The Hall–Kier alpha value is -3.16. The molecule has 0 saturated carbocycles. The first-order valence-corrected chi connectivity index (χ1v) is 7.90. The summed E-state index contributed by atoms with van der Waals surface area (Å²) in [5.74, 6) is -0.143. The molecule has 0 aromatic heterocycles. The molecular formula is C19H18F3NO4. The highest BCUT2D eigenvalue weighted by Crippen LogP contribution is 2.29. The molecule has 2 aromatic rings. The summed E-state index contributed by atoms with van der Waals surface area (Å²) in [7, 11) is 1.48. The Morgan fingerprint density at radius 2 is 1.93 bits per heavy atom. The van der Waals surface area contributed by atoms with Crippen LogP contribution in [0.25, 0.3) is 6.08 Å². The smallest absolute Gasteiger partial charge is 0.493 e. The van der Waals surface area contributed by atoms with Gasteiger partial charge in [-0.3, -0.25) is 4.79 Å². The summed E-state index contributed by atoms with van der Waals surface area (Å²) in [6.45, 7) is 1.54. The number of hydrogen-bond acceptors (Lipinski definition) is 4. The maximum Gasteiger partial charge on any atom is 0.573 e. The highest BCUT2D eigenvalue weighted by atomic mass is 19.4. The van der Waals surface area contributed by atoms with Gasteiger partial charge in [0.25, 0.3) is 5.91 Å². The molecule has 1 amide bonds. The molecule has 0 aliphatic carbocycles. The van der Waals surface area contributed by atoms with Crippen LogP contribution in [0.1, 0.15) is 12.5 Å². The van der Waals surface area contributed by atoms with Gasteiger partial charge in [0.15, 0.2) is 18.1 Å². The van der Waals surface area contributed by atoms with Crippen LogP contribution < -0.4 is 19.5 Å². The molecule has 2 aromatic carbocycles. The van der Waals surface area contributed by atoms with Gasteiger partial charge in [0.2, 0.25) is 0 Å². The van der Waals surface area contributed by atoms with Crippen molar-refractivity contribution in [2.45, 2.75) is 13.3 Å². The van der Waals surface area contributed by atoms with Crippen LogP contribution in [-0.2, 0) is 4.79 Å². The van der Waals surface area contributed by atoms with E-state index in [2.05, 4.69) is 10.1 Å². The van der Waals surface area contributed by atoms with Crippen molar-refractivity contribution in [3.8, 4) is 17.2 Å². The largest absolute Gasteiger partial charge is 0.573 e. The molecule has 2 rings (SSSR count). The molecule has 0 bridgehead atoms. The van der Waals surface area contributed by atoms with E-state index in [4.69, 9.17) is 9.47 Å². The number of benzene rings is 2. The molecule has 0 aliphatic heterocycles. The number of carbonyl (C=O) groups excluding carboxylic acids is 1. The molecule has 8 heteroatoms. The first-order chi connectivity index (χ1) is 12.8. The van der Waals surface area contributed by atoms with Crippen LogP contribution >= 0.6 is 0 Å². The molecule has 0 spiro atoms. The Morgan fingerprint density at radius 3 is 2.59 bits per heavy atom. The molecule has 0 saturated heterocycles. The number of alkyl halides is 3. The molecule has 0 fully saturated rings. The fourth-order valence-corrected chi connectivity index (χ4v) is 2.21. The minimum absolute atomic E-state index is 0.153. The van der Waals surface area contributed by atoms with Crippen LogP contribution in [0.3, 0.4) is 0 Å². The Kier molecular flexibility index (Phi) is 6.70. The van der Waals surface area contributed by atoms with E-state index >= 15 is 0 Å². The van der Waals surface area contributed by atoms with Gasteiger partial charge < -0.3 is 19.5 Å². The third-order valence-corrected chi connectivity index (χ3v) is 3.26. The number of anilines is 1. The summed E-state index contributed by atoms with van der Waals surface area (Å²) in [6, 6.07) is 10.2. The normalized spacial score (nSPS) is 11.3. The third kappa shape index (κ3) is 6.58. The fourth-order valence-electron chi connectivity index (χ4n) is 2.21. The van der Waals surface area contributed by atoms with Crippen LogP contribution in [0.2, 0.25) is 0 Å². The van der Waals surface area contributed by atoms with E-state index < -0.39 is 18.0 Å². The van der Waals surface area contributed by atoms with Crippen molar-refractivity contribution in [3.05, 3.63) is 54.1 Å². The SMILES string of the molecule is C/C=C/c1ccc(OCC(=O)Nc2cccc(OC(F)(F)F)c2)c(OC)c1. The van der Waals surface area contributed by atoms with E-state index in [-0.39, 0.29) is 12.3 Å². The van der Waals surface area contributed by atoms with Gasteiger partial charge >= 0.3 is 6.36 Å². The number of rotatable bonds is 7. The van der Waals surface area contributed by atoms with Gasteiger partial charge in [-0.05, 0) is 36.8 Å². The van der Waals surface area contributed by atoms with Crippen molar-refractivity contribution in [3.63, 3.8) is 0 Å². The van der Waals surface area contributed by atoms with E-state index in [9.17, 15) is 18.0 Å². The van der Waals surface area contributed by atoms with Crippen molar-refractivity contribution in [2.75, 3.05) is 19.0 Å². The van der Waals surface area contributed by atoms with E-state index in [1.54, 1.807) is 18.2 Å². The number of amides is 1. The lowest BCUT2D eigenvalue weighted by Gasteiger charge is -2.12. The summed E-state index contributed by atoms with van der Waals surface area (Å²) < 4.78 is 51.2. The minimum atomic E-state index is -4.80. The molecule has 0 radical (unpaired) electrons. The molecule has 0 unspecified atom stereocenters. The lowest BCUT2D eigenvalue weighted by molar-refractivity contribution is -0.274. The summed E-state index contributed by atoms with van der Waals surface area (Å²) in [4.78, 5) is 12.0. The molecule has 27 heavy (non-hydrogen) atoms. The van der Waals surface area contributed by atoms with Gasteiger partial charge in [0.05, 0.1) is 7.11 Å². The topological polar surface area (TPSA) is 56.8 Å². The first kappa shape index (κ1) is 20.2. The van der Waals surface area contributed by atoms with E-state index in [0.717, 1.165) is 17.7 Å². The van der Waals surface area contributed by atoms with Crippen LogP contribution in [0.5, 0.6) is 17.2 Å². The van der Waals surface area contributed by atoms with Crippen LogP contribution in [0.4, 0.5) is 18.9 Å². The molecule has 0 heterocycles. The predicted octanol–water partition coefficient (Wildman–Crippen LogP) is 4.64. The van der Waals surface area contributed by atoms with Crippen LogP contribution in [-0.4, -0.2) is 26.0 Å². The van der Waals surface area contributed by atoms with Gasteiger partial charge in [0.1, 0.15) is 5.75 Å². The fraction of sp³-hybridized carbons (Fsp3) is 0.211. The summed E-state index contributed by atoms with van der Waals surface area (Å²) in [5.41, 5.74) is 1.06.